The van der Waals surface area contributed by atoms with Crippen LogP contribution in [-0.2, 0) is 6.42 Å². The molecule has 23 heavy (non-hydrogen) atoms. The lowest BCUT2D eigenvalue weighted by Gasteiger charge is -2.15. The summed E-state index contributed by atoms with van der Waals surface area (Å²) >= 11 is 0. The lowest BCUT2D eigenvalue weighted by molar-refractivity contribution is 0.0656. The Kier molecular flexibility index (Phi) is 3.89. The summed E-state index contributed by atoms with van der Waals surface area (Å²) in [4.78, 5) is 41.0. The second-order valence-electron chi connectivity index (χ2n) is 5.07. The number of aromatic nitrogens is 1. The van der Waals surface area contributed by atoms with Crippen molar-refractivity contribution >= 4 is 18.1 Å². The maximum absolute atomic E-state index is 12.3. The number of imide groups is 1. The maximum Gasteiger partial charge on any atom is 0.261 e. The molecule has 2 amide bonds. The van der Waals surface area contributed by atoms with Gasteiger partial charge >= 0.3 is 0 Å². The van der Waals surface area contributed by atoms with Crippen LogP contribution >= 0.6 is 0 Å². The van der Waals surface area contributed by atoms with E-state index in [2.05, 4.69) is 4.98 Å². The molecule has 0 bridgehead atoms. The van der Waals surface area contributed by atoms with Gasteiger partial charge in [0.15, 0.2) is 6.29 Å². The van der Waals surface area contributed by atoms with Crippen molar-refractivity contribution in [3.8, 4) is 5.88 Å². The first-order chi connectivity index (χ1) is 11.2. The molecule has 0 radical (unpaired) electrons. The number of ether oxygens (including phenoxy) is 1. The molecule has 0 spiro atoms. The molecule has 1 aliphatic rings. The Bertz CT molecular complexity index is 766. The molecule has 0 fully saturated rings. The smallest absolute Gasteiger partial charge is 0.261 e. The molecule has 0 saturated heterocycles. The third-order valence-electron chi connectivity index (χ3n) is 3.84. The number of benzene rings is 1. The van der Waals surface area contributed by atoms with Gasteiger partial charge in [0.2, 0.25) is 5.88 Å². The third kappa shape index (κ3) is 2.48. The predicted molar refractivity (Wildman–Crippen MR) is 81.7 cm³/mol. The minimum atomic E-state index is -0.306. The van der Waals surface area contributed by atoms with Crippen molar-refractivity contribution < 1.29 is 19.1 Å². The van der Waals surface area contributed by atoms with Gasteiger partial charge in [0, 0.05) is 12.7 Å². The van der Waals surface area contributed by atoms with E-state index in [9.17, 15) is 14.4 Å². The Balaban J connectivity index is 1.82. The molecule has 3 rings (SSSR count). The lowest BCUT2D eigenvalue weighted by Crippen LogP contribution is -2.32. The van der Waals surface area contributed by atoms with Gasteiger partial charge in [0.05, 0.1) is 23.8 Å². The summed E-state index contributed by atoms with van der Waals surface area (Å²) in [6.07, 6.45) is 2.56. The number of rotatable bonds is 5. The van der Waals surface area contributed by atoms with Gasteiger partial charge < -0.3 is 4.74 Å². The first-order valence-corrected chi connectivity index (χ1v) is 7.09. The summed E-state index contributed by atoms with van der Waals surface area (Å²) in [6.45, 7) is 0.195. The molecule has 1 aliphatic heterocycles. The van der Waals surface area contributed by atoms with Crippen LogP contribution in [0.1, 0.15) is 36.6 Å². The van der Waals surface area contributed by atoms with Crippen LogP contribution in [0.25, 0.3) is 0 Å². The van der Waals surface area contributed by atoms with Crippen molar-refractivity contribution in [2.24, 2.45) is 0 Å². The summed E-state index contributed by atoms with van der Waals surface area (Å²) in [5, 5.41) is 0. The van der Waals surface area contributed by atoms with Gasteiger partial charge in [-0.15, -0.1) is 0 Å². The van der Waals surface area contributed by atoms with Gasteiger partial charge in [0.1, 0.15) is 0 Å². The van der Waals surface area contributed by atoms with Gasteiger partial charge in [0.25, 0.3) is 11.8 Å². The number of amides is 2. The molecule has 0 aliphatic carbocycles. The van der Waals surface area contributed by atoms with Crippen LogP contribution in [-0.4, -0.2) is 41.6 Å². The van der Waals surface area contributed by atoms with Gasteiger partial charge in [-0.3, -0.25) is 19.3 Å². The van der Waals surface area contributed by atoms with Crippen LogP contribution in [0.5, 0.6) is 5.88 Å². The highest BCUT2D eigenvalue weighted by Gasteiger charge is 2.34. The quantitative estimate of drug-likeness (QED) is 0.621. The van der Waals surface area contributed by atoms with Gasteiger partial charge in [-0.25, -0.2) is 4.98 Å². The Morgan fingerprint density at radius 1 is 1.13 bits per heavy atom. The maximum atomic E-state index is 12.3. The van der Waals surface area contributed by atoms with Gasteiger partial charge in [-0.2, -0.15) is 0 Å². The fraction of sp³-hybridized carbons (Fsp3) is 0.176. The van der Waals surface area contributed by atoms with Crippen molar-refractivity contribution in [2.45, 2.75) is 6.42 Å². The standard InChI is InChI=1S/C17H14N2O4/c1-23-15-14(10-20)11(6-8-18-15)7-9-19-16(21)12-4-2-3-5-13(12)17(19)22/h2-6,8,10H,7,9H2,1H3. The summed E-state index contributed by atoms with van der Waals surface area (Å²) in [5.41, 5.74) is 1.86. The predicted octanol–water partition coefficient (Wildman–Crippen LogP) is 1.74. The molecule has 1 aromatic heterocycles. The molecule has 6 nitrogen and oxygen atoms in total. The van der Waals surface area contributed by atoms with Crippen LogP contribution in [0.3, 0.4) is 0 Å². The minimum absolute atomic E-state index is 0.195. The zero-order valence-electron chi connectivity index (χ0n) is 12.5. The number of pyridine rings is 1. The normalized spacial score (nSPS) is 13.2. The third-order valence-corrected chi connectivity index (χ3v) is 3.84. The van der Waals surface area contributed by atoms with Gasteiger partial charge in [-0.05, 0) is 30.2 Å². The number of fused-ring (bicyclic) bond motifs is 1. The SMILES string of the molecule is COc1nccc(CCN2C(=O)c3ccccc3C2=O)c1C=O. The average molecular weight is 310 g/mol. The minimum Gasteiger partial charge on any atom is -0.480 e. The Morgan fingerprint density at radius 3 is 2.35 bits per heavy atom. The fourth-order valence-corrected chi connectivity index (χ4v) is 2.67. The number of carbonyl (C=O) groups excluding carboxylic acids is 3. The van der Waals surface area contributed by atoms with Crippen LogP contribution in [0, 0.1) is 0 Å². The number of hydrogen-bond donors (Lipinski definition) is 0. The molecular formula is C17H14N2O4. The zero-order chi connectivity index (χ0) is 16.4. The highest BCUT2D eigenvalue weighted by Crippen LogP contribution is 2.24. The summed E-state index contributed by atoms with van der Waals surface area (Å²) in [5.74, 6) is -0.376. The van der Waals surface area contributed by atoms with E-state index < -0.39 is 0 Å². The lowest BCUT2D eigenvalue weighted by atomic mass is 10.1. The molecular weight excluding hydrogens is 296 g/mol. The molecule has 0 atom stereocenters. The summed E-state index contributed by atoms with van der Waals surface area (Å²) < 4.78 is 5.05. The molecule has 1 aromatic carbocycles. The highest BCUT2D eigenvalue weighted by molar-refractivity contribution is 6.21. The summed E-state index contributed by atoms with van der Waals surface area (Å²) in [7, 11) is 1.43. The van der Waals surface area contributed by atoms with Gasteiger partial charge in [-0.1, -0.05) is 12.1 Å². The second kappa shape index (κ2) is 6.00. The Morgan fingerprint density at radius 2 is 1.78 bits per heavy atom. The van der Waals surface area contributed by atoms with Crippen molar-refractivity contribution in [1.29, 1.82) is 0 Å². The fourth-order valence-electron chi connectivity index (χ4n) is 2.67. The first kappa shape index (κ1) is 14.9. The molecule has 116 valence electrons. The van der Waals surface area contributed by atoms with Crippen LogP contribution < -0.4 is 4.74 Å². The molecule has 0 N–H and O–H groups in total. The van der Waals surface area contributed by atoms with Crippen molar-refractivity contribution in [3.63, 3.8) is 0 Å². The zero-order valence-corrected chi connectivity index (χ0v) is 12.5. The van der Waals surface area contributed by atoms with Crippen LogP contribution in [0.4, 0.5) is 0 Å². The van der Waals surface area contributed by atoms with E-state index in [1.165, 1.54) is 18.2 Å². The first-order valence-electron chi connectivity index (χ1n) is 7.09. The second-order valence-corrected chi connectivity index (χ2v) is 5.07. The topological polar surface area (TPSA) is 76.6 Å². The van der Waals surface area contributed by atoms with E-state index in [1.54, 1.807) is 30.3 Å². The van der Waals surface area contributed by atoms with Crippen LogP contribution in [0.2, 0.25) is 0 Å². The average Bonchev–Trinajstić information content (AvgIpc) is 2.84. The van der Waals surface area contributed by atoms with E-state index in [1.807, 2.05) is 0 Å². The Hall–Kier alpha value is -3.02. The number of hydrogen-bond acceptors (Lipinski definition) is 5. The molecule has 0 unspecified atom stereocenters. The molecule has 2 heterocycles. The molecule has 6 heteroatoms. The van der Waals surface area contributed by atoms with Crippen molar-refractivity contribution in [2.75, 3.05) is 13.7 Å². The van der Waals surface area contributed by atoms with E-state index >= 15 is 0 Å². The monoisotopic (exact) mass is 310 g/mol. The molecule has 2 aromatic rings. The summed E-state index contributed by atoms with van der Waals surface area (Å²) in [6, 6.07) is 8.42. The number of methoxy groups -OCH3 is 1. The highest BCUT2D eigenvalue weighted by atomic mass is 16.5. The largest absolute Gasteiger partial charge is 0.480 e. The molecule has 0 saturated carbocycles. The van der Waals surface area contributed by atoms with Crippen LogP contribution in [0.15, 0.2) is 36.5 Å². The van der Waals surface area contributed by atoms with E-state index in [4.69, 9.17) is 4.74 Å². The Labute approximate surface area is 132 Å². The number of carbonyl (C=O) groups is 3. The van der Waals surface area contributed by atoms with Crippen molar-refractivity contribution in [1.82, 2.24) is 9.88 Å². The van der Waals surface area contributed by atoms with E-state index in [0.29, 0.717) is 35.0 Å². The van der Waals surface area contributed by atoms with Crippen molar-refractivity contribution in [3.05, 3.63) is 58.8 Å². The number of nitrogens with zero attached hydrogens (tertiary/aromatic N) is 2. The number of aldehydes is 1. The van der Waals surface area contributed by atoms with E-state index in [0.717, 1.165) is 0 Å². The van der Waals surface area contributed by atoms with E-state index in [-0.39, 0.29) is 24.2 Å².